The minimum absolute atomic E-state index is 0.0217. The summed E-state index contributed by atoms with van der Waals surface area (Å²) in [6.45, 7) is 2.72. The van der Waals surface area contributed by atoms with Crippen molar-refractivity contribution in [3.8, 4) is 5.75 Å². The van der Waals surface area contributed by atoms with Crippen molar-refractivity contribution in [2.75, 3.05) is 26.8 Å². The third-order valence-electron chi connectivity index (χ3n) is 6.36. The molecule has 1 fully saturated rings. The summed E-state index contributed by atoms with van der Waals surface area (Å²) in [4.78, 5) is 27.8. The highest BCUT2D eigenvalue weighted by molar-refractivity contribution is 6.03. The SMILES string of the molecule is CCOC(=O)C1CCCCN1CC(=O)N1N=C(c2ccc(OC)cc2)CC1c1ccccc1F. The number of piperidine rings is 1. The van der Waals surface area contributed by atoms with Gasteiger partial charge in [-0.1, -0.05) is 24.6 Å². The van der Waals surface area contributed by atoms with Crippen LogP contribution in [0.4, 0.5) is 4.39 Å². The third-order valence-corrected chi connectivity index (χ3v) is 6.36. The number of nitrogens with zero attached hydrogens (tertiary/aromatic N) is 3. The van der Waals surface area contributed by atoms with Crippen LogP contribution < -0.4 is 4.74 Å². The number of halogens is 1. The topological polar surface area (TPSA) is 71.4 Å². The van der Waals surface area contributed by atoms with Crippen LogP contribution in [0.2, 0.25) is 0 Å². The van der Waals surface area contributed by atoms with Crippen molar-refractivity contribution in [1.82, 2.24) is 9.91 Å². The van der Waals surface area contributed by atoms with Gasteiger partial charge in [-0.05, 0) is 62.2 Å². The fraction of sp³-hybridized carbons (Fsp3) is 0.423. The normalized spacial score (nSPS) is 20.7. The number of likely N-dealkylation sites (tertiary alicyclic amines) is 1. The number of amides is 1. The van der Waals surface area contributed by atoms with Crippen LogP contribution in [0.15, 0.2) is 53.6 Å². The van der Waals surface area contributed by atoms with Crippen molar-refractivity contribution in [2.24, 2.45) is 5.10 Å². The molecule has 7 nitrogen and oxygen atoms in total. The number of hydrogen-bond acceptors (Lipinski definition) is 6. The van der Waals surface area contributed by atoms with Gasteiger partial charge in [-0.25, -0.2) is 9.40 Å². The molecule has 1 saturated heterocycles. The fourth-order valence-corrected chi connectivity index (χ4v) is 4.62. The van der Waals surface area contributed by atoms with E-state index in [9.17, 15) is 14.0 Å². The third kappa shape index (κ3) is 5.12. The van der Waals surface area contributed by atoms with Gasteiger partial charge < -0.3 is 9.47 Å². The molecule has 2 aliphatic heterocycles. The zero-order valence-electron chi connectivity index (χ0n) is 19.6. The maximum atomic E-state index is 14.7. The van der Waals surface area contributed by atoms with Gasteiger partial charge in [0.1, 0.15) is 17.6 Å². The molecule has 0 saturated carbocycles. The van der Waals surface area contributed by atoms with Crippen molar-refractivity contribution >= 4 is 17.6 Å². The van der Waals surface area contributed by atoms with Crippen LogP contribution in [-0.2, 0) is 14.3 Å². The van der Waals surface area contributed by atoms with Gasteiger partial charge in [0.2, 0.25) is 0 Å². The number of rotatable bonds is 7. The molecule has 2 heterocycles. The number of methoxy groups -OCH3 is 1. The van der Waals surface area contributed by atoms with Crippen LogP contribution in [0.1, 0.15) is 49.8 Å². The first kappa shape index (κ1) is 23.9. The van der Waals surface area contributed by atoms with Gasteiger partial charge in [0, 0.05) is 12.0 Å². The molecule has 0 aliphatic carbocycles. The highest BCUT2D eigenvalue weighted by Gasteiger charge is 2.37. The average molecular weight is 468 g/mol. The molecule has 4 rings (SSSR count). The molecule has 1 amide bonds. The molecule has 2 unspecified atom stereocenters. The Morgan fingerprint density at radius 1 is 1.12 bits per heavy atom. The Balaban J connectivity index is 1.60. The van der Waals surface area contributed by atoms with E-state index in [2.05, 4.69) is 5.10 Å². The quantitative estimate of drug-likeness (QED) is 0.577. The second-order valence-electron chi connectivity index (χ2n) is 8.49. The molecule has 2 aromatic carbocycles. The van der Waals surface area contributed by atoms with E-state index in [4.69, 9.17) is 9.47 Å². The molecule has 0 bridgehead atoms. The summed E-state index contributed by atoms with van der Waals surface area (Å²) in [6.07, 6.45) is 2.86. The number of carbonyl (C=O) groups is 2. The van der Waals surface area contributed by atoms with Crippen LogP contribution in [-0.4, -0.2) is 60.3 Å². The molecular weight excluding hydrogens is 437 g/mol. The summed E-state index contributed by atoms with van der Waals surface area (Å²) < 4.78 is 25.2. The first-order valence-electron chi connectivity index (χ1n) is 11.7. The predicted octanol–water partition coefficient (Wildman–Crippen LogP) is 3.93. The smallest absolute Gasteiger partial charge is 0.323 e. The van der Waals surface area contributed by atoms with Crippen molar-refractivity contribution in [2.45, 2.75) is 44.7 Å². The van der Waals surface area contributed by atoms with Crippen LogP contribution >= 0.6 is 0 Å². The lowest BCUT2D eigenvalue weighted by Crippen LogP contribution is -2.49. The molecule has 0 spiro atoms. The van der Waals surface area contributed by atoms with E-state index >= 15 is 0 Å². The van der Waals surface area contributed by atoms with Crippen LogP contribution in [0, 0.1) is 5.82 Å². The number of hydrogen-bond donors (Lipinski definition) is 0. The second kappa shape index (κ2) is 10.8. The first-order chi connectivity index (χ1) is 16.5. The molecule has 0 radical (unpaired) electrons. The van der Waals surface area contributed by atoms with E-state index in [0.29, 0.717) is 37.3 Å². The maximum absolute atomic E-state index is 14.7. The number of esters is 1. The van der Waals surface area contributed by atoms with Gasteiger partial charge in [0.05, 0.1) is 32.0 Å². The van der Waals surface area contributed by atoms with Crippen LogP contribution in [0.25, 0.3) is 0 Å². The van der Waals surface area contributed by atoms with Crippen molar-refractivity contribution in [3.63, 3.8) is 0 Å². The molecule has 34 heavy (non-hydrogen) atoms. The lowest BCUT2D eigenvalue weighted by atomic mass is 9.97. The average Bonchev–Trinajstić information content (AvgIpc) is 3.30. The Hall–Kier alpha value is -3.26. The molecule has 2 atom stereocenters. The summed E-state index contributed by atoms with van der Waals surface area (Å²) in [6, 6.07) is 12.9. The summed E-state index contributed by atoms with van der Waals surface area (Å²) in [5.74, 6) is -0.229. The predicted molar refractivity (Wildman–Crippen MR) is 126 cm³/mol. The Kier molecular flexibility index (Phi) is 7.57. The maximum Gasteiger partial charge on any atom is 0.323 e. The second-order valence-corrected chi connectivity index (χ2v) is 8.49. The Labute approximate surface area is 199 Å². The van der Waals surface area contributed by atoms with Gasteiger partial charge in [-0.3, -0.25) is 14.5 Å². The van der Waals surface area contributed by atoms with Crippen LogP contribution in [0.5, 0.6) is 5.75 Å². The summed E-state index contributed by atoms with van der Waals surface area (Å²) in [5.41, 5.74) is 1.97. The minimum Gasteiger partial charge on any atom is -0.497 e. The zero-order chi connectivity index (χ0) is 24.1. The Bertz CT molecular complexity index is 1060. The highest BCUT2D eigenvalue weighted by atomic mass is 19.1. The molecule has 180 valence electrons. The Morgan fingerprint density at radius 2 is 1.88 bits per heavy atom. The number of benzene rings is 2. The van der Waals surface area contributed by atoms with Gasteiger partial charge in [0.25, 0.3) is 5.91 Å². The lowest BCUT2D eigenvalue weighted by Gasteiger charge is -2.34. The van der Waals surface area contributed by atoms with E-state index in [1.54, 1.807) is 32.2 Å². The van der Waals surface area contributed by atoms with Crippen molar-refractivity contribution < 1.29 is 23.5 Å². The highest BCUT2D eigenvalue weighted by Crippen LogP contribution is 2.35. The minimum atomic E-state index is -0.559. The van der Waals surface area contributed by atoms with E-state index in [1.165, 1.54) is 11.1 Å². The molecule has 2 aliphatic rings. The molecule has 8 heteroatoms. The van der Waals surface area contributed by atoms with Gasteiger partial charge in [-0.2, -0.15) is 5.10 Å². The first-order valence-corrected chi connectivity index (χ1v) is 11.7. The molecule has 0 N–H and O–H groups in total. The number of ether oxygens (including phenoxy) is 2. The summed E-state index contributed by atoms with van der Waals surface area (Å²) in [7, 11) is 1.60. The largest absolute Gasteiger partial charge is 0.497 e. The standard InChI is InChI=1S/C26H30FN3O4/c1-3-34-26(32)23-10-6-7-15-29(23)17-25(31)30-24(20-8-4-5-9-21(20)27)16-22(28-30)18-11-13-19(33-2)14-12-18/h4-5,8-9,11-14,23-24H,3,6-7,10,15-17H2,1-2H3. The van der Waals surface area contributed by atoms with Gasteiger partial charge in [0.15, 0.2) is 0 Å². The van der Waals surface area contributed by atoms with Gasteiger partial charge >= 0.3 is 5.97 Å². The van der Waals surface area contributed by atoms with Crippen molar-refractivity contribution in [1.29, 1.82) is 0 Å². The molecular formula is C26H30FN3O4. The number of hydrazone groups is 1. The lowest BCUT2D eigenvalue weighted by molar-refractivity contribution is -0.152. The zero-order valence-corrected chi connectivity index (χ0v) is 19.6. The molecule has 0 aromatic heterocycles. The summed E-state index contributed by atoms with van der Waals surface area (Å²) in [5, 5.41) is 6.02. The summed E-state index contributed by atoms with van der Waals surface area (Å²) >= 11 is 0. The van der Waals surface area contributed by atoms with E-state index in [-0.39, 0.29) is 24.2 Å². The van der Waals surface area contributed by atoms with E-state index in [0.717, 1.165) is 24.2 Å². The monoisotopic (exact) mass is 467 g/mol. The van der Waals surface area contributed by atoms with Crippen molar-refractivity contribution in [3.05, 3.63) is 65.5 Å². The van der Waals surface area contributed by atoms with Gasteiger partial charge in [-0.15, -0.1) is 0 Å². The fourth-order valence-electron chi connectivity index (χ4n) is 4.62. The molecule has 2 aromatic rings. The Morgan fingerprint density at radius 3 is 2.59 bits per heavy atom. The number of carbonyl (C=O) groups excluding carboxylic acids is 2. The van der Waals surface area contributed by atoms with E-state index in [1.807, 2.05) is 29.2 Å². The van der Waals surface area contributed by atoms with E-state index < -0.39 is 12.1 Å². The van der Waals surface area contributed by atoms with Crippen LogP contribution in [0.3, 0.4) is 0 Å².